The van der Waals surface area contributed by atoms with Gasteiger partial charge in [-0.15, -0.1) is 0 Å². The van der Waals surface area contributed by atoms with Crippen molar-refractivity contribution in [2.24, 2.45) is 0 Å². The molecule has 0 saturated heterocycles. The van der Waals surface area contributed by atoms with Gasteiger partial charge in [0.2, 0.25) is 0 Å². The zero-order valence-electron chi connectivity index (χ0n) is 18.6. The van der Waals surface area contributed by atoms with Crippen LogP contribution in [0.4, 0.5) is 23.4 Å². The van der Waals surface area contributed by atoms with Gasteiger partial charge in [-0.05, 0) is 35.8 Å². The lowest BCUT2D eigenvalue weighted by atomic mass is 9.47. The maximum atomic E-state index is 15.1. The number of nitrogens with one attached hydrogen (secondary N) is 1. The van der Waals surface area contributed by atoms with Crippen LogP contribution in [0.25, 0.3) is 10.9 Å². The first-order valence-electron chi connectivity index (χ1n) is 10.8. The third-order valence-corrected chi connectivity index (χ3v) is 7.62. The summed E-state index contributed by atoms with van der Waals surface area (Å²) in [7, 11) is 0. The molecule has 1 atom stereocenters. The summed E-state index contributed by atoms with van der Waals surface area (Å²) in [5.74, 6) is -5.32. The molecule has 0 spiro atoms. The minimum absolute atomic E-state index is 0.0116. The van der Waals surface area contributed by atoms with Gasteiger partial charge in [0.05, 0.1) is 22.0 Å². The molecule has 6 rings (SSSR count). The minimum Gasteiger partial charge on any atom is -0.384 e. The molecule has 3 aliphatic carbocycles. The Balaban J connectivity index is 1.54. The number of aliphatic hydroxyl groups excluding tert-OH is 1. The van der Waals surface area contributed by atoms with Crippen LogP contribution in [0, 0.1) is 5.82 Å². The molecule has 3 N–H and O–H groups in total. The molecule has 35 heavy (non-hydrogen) atoms. The highest BCUT2D eigenvalue weighted by molar-refractivity contribution is 9.10. The minimum atomic E-state index is -3.94. The van der Waals surface area contributed by atoms with Crippen LogP contribution in [0.5, 0.6) is 0 Å². The van der Waals surface area contributed by atoms with Gasteiger partial charge in [0.15, 0.2) is 6.23 Å². The molecule has 3 aliphatic rings. The van der Waals surface area contributed by atoms with E-state index in [0.717, 1.165) is 38.4 Å². The monoisotopic (exact) mass is 556 g/mol. The van der Waals surface area contributed by atoms with Crippen LogP contribution in [0.3, 0.4) is 0 Å². The molecule has 0 unspecified atom stereocenters. The van der Waals surface area contributed by atoms with Crippen molar-refractivity contribution >= 4 is 32.7 Å². The summed E-state index contributed by atoms with van der Waals surface area (Å²) in [5, 5.41) is 23.4. The number of benzene rings is 1. The van der Waals surface area contributed by atoms with Gasteiger partial charge in [0.25, 0.3) is 5.56 Å². The number of hydrogen-bond acceptors (Lipinski definition) is 6. The highest BCUT2D eigenvalue weighted by atomic mass is 79.9. The predicted molar refractivity (Wildman–Crippen MR) is 122 cm³/mol. The molecule has 3 fully saturated rings. The standard InChI is InChI=1S/C23H21BrF4N4O3/c1-20(2,35)23(27,28)13-5-3-4-11(15(13)25)18(33)31-17-12-6-32(22-7-21(26,8-22)9-22)19(34)14(24)16(12)29-10-30-17/h3-6,10,18,33,35H,7-9H2,1-2H3,(H,29,30,31)/t18-,21?,22?/m1/s1. The number of nitrogens with zero attached hydrogens (tertiary/aromatic N) is 3. The lowest BCUT2D eigenvalue weighted by Crippen LogP contribution is -2.71. The lowest BCUT2D eigenvalue weighted by Gasteiger charge is -2.66. The highest BCUT2D eigenvalue weighted by Gasteiger charge is 2.70. The topological polar surface area (TPSA) is 100 Å². The maximum Gasteiger partial charge on any atom is 0.303 e. The van der Waals surface area contributed by atoms with Crippen molar-refractivity contribution in [1.29, 1.82) is 0 Å². The van der Waals surface area contributed by atoms with E-state index in [-0.39, 0.29) is 40.5 Å². The Morgan fingerprint density at radius 3 is 2.49 bits per heavy atom. The Bertz CT molecular complexity index is 1400. The Morgan fingerprint density at radius 1 is 1.23 bits per heavy atom. The second-order valence-electron chi connectivity index (χ2n) is 9.90. The van der Waals surface area contributed by atoms with Crippen LogP contribution < -0.4 is 10.9 Å². The number of alkyl halides is 3. The number of halogens is 5. The first kappa shape index (κ1) is 24.1. The van der Waals surface area contributed by atoms with Crippen molar-refractivity contribution < 1.29 is 27.8 Å². The molecular weight excluding hydrogens is 536 g/mol. The van der Waals surface area contributed by atoms with Crippen LogP contribution in [0.1, 0.15) is 50.5 Å². The highest BCUT2D eigenvalue weighted by Crippen LogP contribution is 2.67. The van der Waals surface area contributed by atoms with E-state index >= 15 is 4.39 Å². The molecule has 0 aliphatic heterocycles. The van der Waals surface area contributed by atoms with Crippen molar-refractivity contribution in [2.45, 2.75) is 62.1 Å². The second kappa shape index (κ2) is 7.47. The van der Waals surface area contributed by atoms with Gasteiger partial charge < -0.3 is 20.1 Å². The zero-order chi connectivity index (χ0) is 25.6. The van der Waals surface area contributed by atoms with Crippen LogP contribution in [-0.4, -0.2) is 36.0 Å². The smallest absolute Gasteiger partial charge is 0.303 e. The van der Waals surface area contributed by atoms with Gasteiger partial charge in [-0.25, -0.2) is 18.7 Å². The van der Waals surface area contributed by atoms with Gasteiger partial charge in [-0.2, -0.15) is 8.78 Å². The second-order valence-corrected chi connectivity index (χ2v) is 10.7. The third kappa shape index (κ3) is 3.48. The van der Waals surface area contributed by atoms with Crippen molar-refractivity contribution in [3.8, 4) is 0 Å². The SMILES string of the molecule is CC(C)(O)C(F)(F)c1cccc([C@@H](O)Nc2ncnc3c(Br)c(=O)n(C45CC(F)(C4)C5)cc23)c1F. The van der Waals surface area contributed by atoms with E-state index in [9.17, 15) is 28.2 Å². The molecule has 0 radical (unpaired) electrons. The molecule has 7 nitrogen and oxygen atoms in total. The van der Waals surface area contributed by atoms with Gasteiger partial charge in [-0.1, -0.05) is 12.1 Å². The van der Waals surface area contributed by atoms with Gasteiger partial charge in [0.1, 0.15) is 33.7 Å². The van der Waals surface area contributed by atoms with E-state index in [1.54, 1.807) is 0 Å². The molecule has 2 bridgehead atoms. The summed E-state index contributed by atoms with van der Waals surface area (Å²) in [6.07, 6.45) is 1.41. The molecule has 3 aromatic rings. The van der Waals surface area contributed by atoms with Crippen LogP contribution in [0.2, 0.25) is 0 Å². The Kier molecular flexibility index (Phi) is 5.15. The largest absolute Gasteiger partial charge is 0.384 e. The van der Waals surface area contributed by atoms with Gasteiger partial charge in [0, 0.05) is 31.0 Å². The Morgan fingerprint density at radius 2 is 1.89 bits per heavy atom. The van der Waals surface area contributed by atoms with Crippen molar-refractivity contribution in [1.82, 2.24) is 14.5 Å². The first-order valence-corrected chi connectivity index (χ1v) is 11.6. The van der Waals surface area contributed by atoms with E-state index in [0.29, 0.717) is 0 Å². The van der Waals surface area contributed by atoms with Crippen LogP contribution in [-0.2, 0) is 11.5 Å². The summed E-state index contributed by atoms with van der Waals surface area (Å²) in [4.78, 5) is 21.1. The zero-order valence-corrected chi connectivity index (χ0v) is 20.2. The number of anilines is 1. The van der Waals surface area contributed by atoms with E-state index in [2.05, 4.69) is 31.2 Å². The summed E-state index contributed by atoms with van der Waals surface area (Å²) in [5.41, 5.74) is -6.20. The van der Waals surface area contributed by atoms with E-state index < -0.39 is 51.5 Å². The predicted octanol–water partition coefficient (Wildman–Crippen LogP) is 4.26. The van der Waals surface area contributed by atoms with Crippen molar-refractivity contribution in [3.63, 3.8) is 0 Å². The fraction of sp³-hybridized carbons (Fsp3) is 0.435. The maximum absolute atomic E-state index is 15.1. The number of pyridine rings is 1. The Labute approximate surface area is 205 Å². The number of aliphatic hydroxyl groups is 2. The molecule has 2 aromatic heterocycles. The summed E-state index contributed by atoms with van der Waals surface area (Å²) in [6.45, 7) is 1.71. The number of hydrogen-bond donors (Lipinski definition) is 3. The number of fused-ring (bicyclic) bond motifs is 1. The summed E-state index contributed by atoms with van der Waals surface area (Å²) in [6, 6.07) is 3.09. The van der Waals surface area contributed by atoms with E-state index in [1.165, 1.54) is 10.8 Å². The Hall–Kier alpha value is -2.57. The lowest BCUT2D eigenvalue weighted by molar-refractivity contribution is -0.199. The molecule has 2 heterocycles. The fourth-order valence-corrected chi connectivity index (χ4v) is 5.47. The first-order chi connectivity index (χ1) is 16.2. The molecule has 1 aromatic carbocycles. The molecule has 0 amide bonds. The van der Waals surface area contributed by atoms with Crippen molar-refractivity contribution in [3.05, 3.63) is 62.5 Å². The average Bonchev–Trinajstić information content (AvgIpc) is 2.73. The molecule has 12 heteroatoms. The van der Waals surface area contributed by atoms with Gasteiger partial charge >= 0.3 is 5.92 Å². The van der Waals surface area contributed by atoms with Crippen LogP contribution >= 0.6 is 15.9 Å². The summed E-state index contributed by atoms with van der Waals surface area (Å²) >= 11 is 3.24. The van der Waals surface area contributed by atoms with E-state index in [1.807, 2.05) is 0 Å². The van der Waals surface area contributed by atoms with Crippen molar-refractivity contribution in [2.75, 3.05) is 5.32 Å². The van der Waals surface area contributed by atoms with Crippen LogP contribution in [0.15, 0.2) is 40.0 Å². The normalized spacial score (nSPS) is 24.6. The fourth-order valence-electron chi connectivity index (χ4n) is 4.96. The molecule has 186 valence electrons. The van der Waals surface area contributed by atoms with E-state index in [4.69, 9.17) is 0 Å². The molecule has 3 saturated carbocycles. The molecular formula is C23H21BrF4N4O3. The third-order valence-electron chi connectivity index (χ3n) is 6.91. The van der Waals surface area contributed by atoms with Gasteiger partial charge in [-0.3, -0.25) is 4.79 Å². The number of rotatable bonds is 6. The number of aromatic nitrogens is 3. The summed E-state index contributed by atoms with van der Waals surface area (Å²) < 4.78 is 60.0. The average molecular weight is 557 g/mol. The quantitative estimate of drug-likeness (QED) is 0.310.